The van der Waals surface area contributed by atoms with Crippen molar-refractivity contribution in [3.8, 4) is 0 Å². The van der Waals surface area contributed by atoms with Gasteiger partial charge in [0.05, 0.1) is 9.50 Å². The molecule has 3 atom stereocenters. The van der Waals surface area contributed by atoms with E-state index < -0.39 is 8.32 Å². The van der Waals surface area contributed by atoms with Crippen molar-refractivity contribution in [3.63, 3.8) is 0 Å². The minimum Gasteiger partial charge on any atom is -0.401 e. The Balaban J connectivity index is 2.67. The zero-order valence-electron chi connectivity index (χ0n) is 18.6. The molecular weight excluding hydrogens is 520 g/mol. The monoisotopic (exact) mass is 552 g/mol. The van der Waals surface area contributed by atoms with Crippen LogP contribution in [-0.4, -0.2) is 26.1 Å². The van der Waals surface area contributed by atoms with Gasteiger partial charge in [-0.05, 0) is 71.6 Å². The molecule has 1 N–H and O–H groups in total. The highest BCUT2D eigenvalue weighted by atomic mass is 79.9. The van der Waals surface area contributed by atoms with Crippen molar-refractivity contribution in [3.05, 3.63) is 70.1 Å². The molecule has 0 saturated carbocycles. The lowest BCUT2D eigenvalue weighted by Gasteiger charge is -2.46. The maximum Gasteiger partial charge on any atom is 0.261 e. The van der Waals surface area contributed by atoms with E-state index in [0.29, 0.717) is 0 Å². The van der Waals surface area contributed by atoms with Crippen LogP contribution in [0.4, 0.5) is 0 Å². The van der Waals surface area contributed by atoms with Crippen LogP contribution >= 0.6 is 31.9 Å². The molecule has 0 fully saturated rings. The predicted molar refractivity (Wildman–Crippen MR) is 138 cm³/mol. The molecule has 30 heavy (non-hydrogen) atoms. The Bertz CT molecular complexity index is 759. The van der Waals surface area contributed by atoms with Gasteiger partial charge >= 0.3 is 0 Å². The molecular formula is C25H34Br2O2Si. The van der Waals surface area contributed by atoms with E-state index in [2.05, 4.69) is 133 Å². The van der Waals surface area contributed by atoms with E-state index in [1.165, 1.54) is 10.4 Å². The molecule has 0 unspecified atom stereocenters. The van der Waals surface area contributed by atoms with Gasteiger partial charge in [-0.1, -0.05) is 95.3 Å². The van der Waals surface area contributed by atoms with Gasteiger partial charge in [0.15, 0.2) is 0 Å². The van der Waals surface area contributed by atoms with Crippen LogP contribution in [0.2, 0.25) is 5.04 Å². The summed E-state index contributed by atoms with van der Waals surface area (Å²) in [6.07, 6.45) is 2.91. The van der Waals surface area contributed by atoms with Crippen molar-refractivity contribution in [2.24, 2.45) is 11.8 Å². The molecule has 2 nitrogen and oxygen atoms in total. The molecule has 164 valence electrons. The molecule has 0 spiro atoms. The molecule has 0 radical (unpaired) electrons. The molecule has 2 aromatic carbocycles. The van der Waals surface area contributed by atoms with E-state index >= 15 is 0 Å². The van der Waals surface area contributed by atoms with Crippen molar-refractivity contribution in [1.29, 1.82) is 0 Å². The molecule has 0 saturated heterocycles. The number of aliphatic hydroxyl groups excluding tert-OH is 1. The zero-order valence-corrected chi connectivity index (χ0v) is 22.8. The normalized spacial score (nSPS) is 15.3. The second-order valence-electron chi connectivity index (χ2n) is 9.20. The van der Waals surface area contributed by atoms with E-state index in [-0.39, 0.29) is 29.6 Å². The molecule has 0 aliphatic rings. The fraction of sp³-hybridized carbons (Fsp3) is 0.440. The maximum atomic E-state index is 9.60. The van der Waals surface area contributed by atoms with Crippen LogP contribution in [0.5, 0.6) is 0 Å². The fourth-order valence-electron chi connectivity index (χ4n) is 4.18. The summed E-state index contributed by atoms with van der Waals surface area (Å²) in [6.45, 7) is 11.4. The highest BCUT2D eigenvalue weighted by molar-refractivity contribution is 9.28. The standard InChI is InChI=1S/C25H34Br2O2Si/c1-19(18-28)16-20(2)23(17-24(26)27)29-30(25(3,4)5,21-12-8-6-9-13-21)22-14-10-7-11-15-22/h6-15,17,19-20,23,28H,16,18H2,1-5H3/t19-,20-,23+/m0/s1. The third kappa shape index (κ3) is 6.16. The van der Waals surface area contributed by atoms with E-state index in [1.54, 1.807) is 0 Å². The topological polar surface area (TPSA) is 29.5 Å². The SMILES string of the molecule is C[C@H](CO)C[C@H](C)[C@@H](C=C(Br)Br)O[Si](c1ccccc1)(c1ccccc1)C(C)(C)C. The van der Waals surface area contributed by atoms with Gasteiger partial charge in [0, 0.05) is 6.61 Å². The number of halogens is 2. The molecule has 5 heteroatoms. The van der Waals surface area contributed by atoms with Crippen molar-refractivity contribution < 1.29 is 9.53 Å². The van der Waals surface area contributed by atoms with Crippen molar-refractivity contribution in [2.45, 2.75) is 52.2 Å². The van der Waals surface area contributed by atoms with Gasteiger partial charge in [0.2, 0.25) is 0 Å². The van der Waals surface area contributed by atoms with Crippen molar-refractivity contribution >= 4 is 50.6 Å². The average Bonchev–Trinajstić information content (AvgIpc) is 2.71. The second-order valence-corrected chi connectivity index (χ2v) is 16.2. The fourth-order valence-corrected chi connectivity index (χ4v) is 9.42. The summed E-state index contributed by atoms with van der Waals surface area (Å²) < 4.78 is 8.20. The van der Waals surface area contributed by atoms with Gasteiger partial charge in [0.1, 0.15) is 0 Å². The van der Waals surface area contributed by atoms with Gasteiger partial charge in [-0.25, -0.2) is 0 Å². The molecule has 2 aromatic rings. The van der Waals surface area contributed by atoms with E-state index in [9.17, 15) is 5.11 Å². The Labute approximate surface area is 200 Å². The lowest BCUT2D eigenvalue weighted by Crippen LogP contribution is -2.68. The van der Waals surface area contributed by atoms with Crippen LogP contribution in [0.15, 0.2) is 70.1 Å². The number of rotatable bonds is 9. The molecule has 0 aliphatic heterocycles. The van der Waals surface area contributed by atoms with Crippen LogP contribution < -0.4 is 10.4 Å². The first kappa shape index (κ1) is 25.5. The largest absolute Gasteiger partial charge is 0.401 e. The molecule has 0 heterocycles. The summed E-state index contributed by atoms with van der Waals surface area (Å²) in [5, 5.41) is 12.1. The highest BCUT2D eigenvalue weighted by Crippen LogP contribution is 2.39. The summed E-state index contributed by atoms with van der Waals surface area (Å²) in [5.74, 6) is 0.478. The van der Waals surface area contributed by atoms with Crippen LogP contribution in [0, 0.1) is 11.8 Å². The third-order valence-corrected chi connectivity index (χ3v) is 11.2. The highest BCUT2D eigenvalue weighted by Gasteiger charge is 2.51. The Morgan fingerprint density at radius 1 is 0.967 bits per heavy atom. The lowest BCUT2D eigenvalue weighted by molar-refractivity contribution is 0.140. The summed E-state index contributed by atoms with van der Waals surface area (Å²) in [5.41, 5.74) is 0. The van der Waals surface area contributed by atoms with Gasteiger partial charge in [0.25, 0.3) is 8.32 Å². The molecule has 0 bridgehead atoms. The Hall–Kier alpha value is -0.723. The second kappa shape index (κ2) is 11.2. The van der Waals surface area contributed by atoms with Gasteiger partial charge in [-0.2, -0.15) is 0 Å². The van der Waals surface area contributed by atoms with Crippen LogP contribution in [0.25, 0.3) is 0 Å². The molecule has 0 amide bonds. The minimum absolute atomic E-state index is 0.0805. The molecule has 0 aromatic heterocycles. The van der Waals surface area contributed by atoms with Crippen LogP contribution in [0.1, 0.15) is 41.0 Å². The van der Waals surface area contributed by atoms with Crippen LogP contribution in [-0.2, 0) is 4.43 Å². The zero-order chi connectivity index (χ0) is 22.4. The van der Waals surface area contributed by atoms with Gasteiger partial charge < -0.3 is 9.53 Å². The van der Waals surface area contributed by atoms with Crippen LogP contribution in [0.3, 0.4) is 0 Å². The first-order valence-electron chi connectivity index (χ1n) is 10.5. The predicted octanol–water partition coefficient (Wildman–Crippen LogP) is 6.22. The van der Waals surface area contributed by atoms with E-state index in [0.717, 1.165) is 9.81 Å². The van der Waals surface area contributed by atoms with Crippen molar-refractivity contribution in [2.75, 3.05) is 6.61 Å². The summed E-state index contributed by atoms with van der Waals surface area (Å²) >= 11 is 7.12. The Morgan fingerprint density at radius 3 is 1.80 bits per heavy atom. The Morgan fingerprint density at radius 2 is 1.43 bits per heavy atom. The number of benzene rings is 2. The first-order valence-corrected chi connectivity index (χ1v) is 14.0. The third-order valence-electron chi connectivity index (χ3n) is 5.67. The number of hydrogen-bond acceptors (Lipinski definition) is 2. The summed E-state index contributed by atoms with van der Waals surface area (Å²) in [4.78, 5) is 0. The summed E-state index contributed by atoms with van der Waals surface area (Å²) in [7, 11) is -2.65. The number of hydrogen-bond donors (Lipinski definition) is 1. The van der Waals surface area contributed by atoms with Crippen molar-refractivity contribution in [1.82, 2.24) is 0 Å². The van der Waals surface area contributed by atoms with Gasteiger partial charge in [-0.3, -0.25) is 0 Å². The molecule has 2 rings (SSSR count). The minimum atomic E-state index is -2.65. The molecule has 0 aliphatic carbocycles. The lowest BCUT2D eigenvalue weighted by atomic mass is 9.93. The van der Waals surface area contributed by atoms with Gasteiger partial charge in [-0.15, -0.1) is 0 Å². The average molecular weight is 554 g/mol. The summed E-state index contributed by atoms with van der Waals surface area (Å²) in [6, 6.07) is 21.4. The van der Waals surface area contributed by atoms with E-state index in [1.807, 2.05) is 0 Å². The smallest absolute Gasteiger partial charge is 0.261 e. The Kier molecular flexibility index (Phi) is 9.56. The maximum absolute atomic E-state index is 9.60. The van der Waals surface area contributed by atoms with E-state index in [4.69, 9.17) is 4.43 Å². The number of aliphatic hydroxyl groups is 1. The first-order chi connectivity index (χ1) is 14.1. The quantitative estimate of drug-likeness (QED) is 0.374.